The summed E-state index contributed by atoms with van der Waals surface area (Å²) in [6, 6.07) is 7.57. The molecule has 7 heteroatoms. The monoisotopic (exact) mass is 336 g/mol. The van der Waals surface area contributed by atoms with Gasteiger partial charge >= 0.3 is 0 Å². The zero-order valence-electron chi connectivity index (χ0n) is 12.2. The molecule has 0 radical (unpaired) electrons. The van der Waals surface area contributed by atoms with Crippen molar-refractivity contribution < 1.29 is 14.3 Å². The van der Waals surface area contributed by atoms with Gasteiger partial charge in [-0.3, -0.25) is 4.79 Å². The smallest absolute Gasteiger partial charge is 0.280 e. The number of rotatable bonds is 3. The molecule has 0 atom stereocenters. The SMILES string of the molecule is COc1ccc(/C=C2/SC(=S)N(N3CCOCC3)C2=O)cc1. The summed E-state index contributed by atoms with van der Waals surface area (Å²) in [7, 11) is 1.63. The minimum atomic E-state index is -0.0623. The number of carbonyl (C=O) groups is 1. The molecule has 0 N–H and O–H groups in total. The second-order valence-corrected chi connectivity index (χ2v) is 6.51. The van der Waals surface area contributed by atoms with E-state index in [4.69, 9.17) is 21.7 Å². The predicted octanol–water partition coefficient (Wildman–Crippen LogP) is 2.14. The highest BCUT2D eigenvalue weighted by Gasteiger charge is 2.36. The van der Waals surface area contributed by atoms with Gasteiger partial charge in [0, 0.05) is 13.1 Å². The molecule has 1 aromatic rings. The van der Waals surface area contributed by atoms with Gasteiger partial charge in [0.1, 0.15) is 5.75 Å². The first-order chi connectivity index (χ1) is 10.7. The van der Waals surface area contributed by atoms with Gasteiger partial charge in [0.15, 0.2) is 4.32 Å². The van der Waals surface area contributed by atoms with Crippen LogP contribution in [0.2, 0.25) is 0 Å². The van der Waals surface area contributed by atoms with Gasteiger partial charge in [0.05, 0.1) is 25.2 Å². The van der Waals surface area contributed by atoms with Crippen LogP contribution in [0.4, 0.5) is 0 Å². The van der Waals surface area contributed by atoms with Crippen molar-refractivity contribution >= 4 is 40.3 Å². The Labute approximate surface area is 138 Å². The van der Waals surface area contributed by atoms with Crippen LogP contribution in [0.15, 0.2) is 29.2 Å². The molecule has 0 unspecified atom stereocenters. The maximum atomic E-state index is 12.6. The number of thioether (sulfide) groups is 1. The molecule has 22 heavy (non-hydrogen) atoms. The number of ether oxygens (including phenoxy) is 2. The highest BCUT2D eigenvalue weighted by Crippen LogP contribution is 2.34. The zero-order valence-corrected chi connectivity index (χ0v) is 13.8. The van der Waals surface area contributed by atoms with Gasteiger partial charge in [-0.05, 0) is 23.8 Å². The molecule has 116 valence electrons. The fourth-order valence-corrected chi connectivity index (χ4v) is 3.62. The van der Waals surface area contributed by atoms with Crippen LogP contribution in [0.25, 0.3) is 6.08 Å². The summed E-state index contributed by atoms with van der Waals surface area (Å²) in [5.41, 5.74) is 0.947. The number of amides is 1. The third kappa shape index (κ3) is 3.17. The van der Waals surface area contributed by atoms with Crippen molar-refractivity contribution in [3.8, 4) is 5.75 Å². The van der Waals surface area contributed by atoms with Gasteiger partial charge in [-0.25, -0.2) is 10.0 Å². The summed E-state index contributed by atoms with van der Waals surface area (Å²) in [4.78, 5) is 13.2. The molecule has 3 rings (SSSR count). The topological polar surface area (TPSA) is 42.0 Å². The number of thiocarbonyl (C=S) groups is 1. The van der Waals surface area contributed by atoms with Crippen LogP contribution in [-0.2, 0) is 9.53 Å². The van der Waals surface area contributed by atoms with E-state index in [1.54, 1.807) is 12.1 Å². The van der Waals surface area contributed by atoms with E-state index < -0.39 is 0 Å². The zero-order chi connectivity index (χ0) is 15.5. The average Bonchev–Trinajstić information content (AvgIpc) is 2.83. The fraction of sp³-hybridized carbons (Fsp3) is 0.333. The summed E-state index contributed by atoms with van der Waals surface area (Å²) in [6.45, 7) is 2.60. The lowest BCUT2D eigenvalue weighted by atomic mass is 10.2. The van der Waals surface area contributed by atoms with Gasteiger partial charge < -0.3 is 9.47 Å². The molecule has 2 heterocycles. The predicted molar refractivity (Wildman–Crippen MR) is 90.4 cm³/mol. The van der Waals surface area contributed by atoms with Crippen LogP contribution in [0.1, 0.15) is 5.56 Å². The van der Waals surface area contributed by atoms with E-state index in [0.29, 0.717) is 35.5 Å². The lowest BCUT2D eigenvalue weighted by molar-refractivity contribution is -0.138. The quantitative estimate of drug-likeness (QED) is 0.622. The van der Waals surface area contributed by atoms with Crippen LogP contribution in [0.3, 0.4) is 0 Å². The summed E-state index contributed by atoms with van der Waals surface area (Å²) in [6.07, 6.45) is 1.86. The number of carbonyl (C=O) groups excluding carboxylic acids is 1. The minimum absolute atomic E-state index is 0.0623. The van der Waals surface area contributed by atoms with Crippen LogP contribution in [0.5, 0.6) is 5.75 Å². The van der Waals surface area contributed by atoms with Crippen molar-refractivity contribution in [2.45, 2.75) is 0 Å². The van der Waals surface area contributed by atoms with Crippen molar-refractivity contribution in [3.63, 3.8) is 0 Å². The van der Waals surface area contributed by atoms with E-state index in [2.05, 4.69) is 0 Å². The maximum Gasteiger partial charge on any atom is 0.280 e. The molecule has 5 nitrogen and oxygen atoms in total. The van der Waals surface area contributed by atoms with Crippen molar-refractivity contribution in [1.29, 1.82) is 0 Å². The van der Waals surface area contributed by atoms with Crippen molar-refractivity contribution in [1.82, 2.24) is 10.0 Å². The number of benzene rings is 1. The van der Waals surface area contributed by atoms with E-state index in [-0.39, 0.29) is 5.91 Å². The summed E-state index contributed by atoms with van der Waals surface area (Å²) >= 11 is 6.69. The largest absolute Gasteiger partial charge is 0.497 e. The third-order valence-corrected chi connectivity index (χ3v) is 4.74. The van der Waals surface area contributed by atoms with E-state index >= 15 is 0 Å². The Hall–Kier alpha value is -1.41. The van der Waals surface area contributed by atoms with Gasteiger partial charge in [-0.15, -0.1) is 0 Å². The number of morpholine rings is 1. The Kier molecular flexibility index (Phi) is 4.77. The van der Waals surface area contributed by atoms with Gasteiger partial charge in [-0.1, -0.05) is 36.1 Å². The van der Waals surface area contributed by atoms with E-state index in [1.807, 2.05) is 35.4 Å². The van der Waals surface area contributed by atoms with Crippen LogP contribution >= 0.6 is 24.0 Å². The number of nitrogens with zero attached hydrogens (tertiary/aromatic N) is 2. The minimum Gasteiger partial charge on any atom is -0.497 e. The van der Waals surface area contributed by atoms with Crippen LogP contribution in [0, 0.1) is 0 Å². The van der Waals surface area contributed by atoms with E-state index in [9.17, 15) is 4.79 Å². The molecule has 0 spiro atoms. The Balaban J connectivity index is 1.78. The van der Waals surface area contributed by atoms with Gasteiger partial charge in [-0.2, -0.15) is 0 Å². The lowest BCUT2D eigenvalue weighted by Crippen LogP contribution is -2.50. The molecule has 0 aliphatic carbocycles. The second kappa shape index (κ2) is 6.78. The third-order valence-electron chi connectivity index (χ3n) is 3.46. The highest BCUT2D eigenvalue weighted by molar-refractivity contribution is 8.26. The van der Waals surface area contributed by atoms with Crippen molar-refractivity contribution in [3.05, 3.63) is 34.7 Å². The standard InChI is InChI=1S/C15H16N2O3S2/c1-19-12-4-2-11(3-5-12)10-13-14(18)17(15(21)22-13)16-6-8-20-9-7-16/h2-5,10H,6-9H2,1H3/b13-10+. The first-order valence-electron chi connectivity index (χ1n) is 6.93. The van der Waals surface area contributed by atoms with Gasteiger partial charge in [0.2, 0.25) is 0 Å². The average molecular weight is 336 g/mol. The number of hydrazine groups is 1. The molecule has 1 aromatic carbocycles. The molecular formula is C15H16N2O3S2. The van der Waals surface area contributed by atoms with E-state index in [1.165, 1.54) is 11.8 Å². The Morgan fingerprint density at radius 3 is 2.59 bits per heavy atom. The molecular weight excluding hydrogens is 320 g/mol. The van der Waals surface area contributed by atoms with Crippen molar-refractivity contribution in [2.75, 3.05) is 33.4 Å². The lowest BCUT2D eigenvalue weighted by Gasteiger charge is -2.33. The molecule has 0 bridgehead atoms. The van der Waals surface area contributed by atoms with Crippen LogP contribution in [-0.4, -0.2) is 53.7 Å². The molecule has 2 aliphatic heterocycles. The summed E-state index contributed by atoms with van der Waals surface area (Å²) < 4.78 is 11.0. The van der Waals surface area contributed by atoms with Crippen LogP contribution < -0.4 is 4.74 Å². The Morgan fingerprint density at radius 2 is 1.95 bits per heavy atom. The molecule has 0 aromatic heterocycles. The summed E-state index contributed by atoms with van der Waals surface area (Å²) in [5, 5.41) is 3.55. The molecule has 1 amide bonds. The maximum absolute atomic E-state index is 12.6. The number of hydrogen-bond donors (Lipinski definition) is 0. The first-order valence-corrected chi connectivity index (χ1v) is 8.16. The highest BCUT2D eigenvalue weighted by atomic mass is 32.2. The van der Waals surface area contributed by atoms with Crippen molar-refractivity contribution in [2.24, 2.45) is 0 Å². The molecule has 2 saturated heterocycles. The normalized spacial score (nSPS) is 21.7. The first kappa shape index (κ1) is 15.5. The van der Waals surface area contributed by atoms with E-state index in [0.717, 1.165) is 11.3 Å². The number of methoxy groups -OCH3 is 1. The summed E-state index contributed by atoms with van der Waals surface area (Å²) in [5.74, 6) is 0.728. The molecule has 0 saturated carbocycles. The molecule has 2 fully saturated rings. The van der Waals surface area contributed by atoms with Gasteiger partial charge in [0.25, 0.3) is 5.91 Å². The number of hydrogen-bond acceptors (Lipinski definition) is 6. The fourth-order valence-electron chi connectivity index (χ4n) is 2.31. The second-order valence-electron chi connectivity index (χ2n) is 4.83. The molecule has 2 aliphatic rings. The Bertz CT molecular complexity index is 610. The Morgan fingerprint density at radius 1 is 1.27 bits per heavy atom.